The molecule has 1 heterocycles. The fraction of sp³-hybridized carbons (Fsp3) is 0. The lowest BCUT2D eigenvalue weighted by molar-refractivity contribution is 0.0730. The van der Waals surface area contributed by atoms with Gasteiger partial charge in [0.2, 0.25) is 5.88 Å². The highest BCUT2D eigenvalue weighted by Gasteiger charge is 2.14. The van der Waals surface area contributed by atoms with Crippen LogP contribution in [0.5, 0.6) is 11.6 Å². The second-order valence-corrected chi connectivity index (χ2v) is 4.54. The van der Waals surface area contributed by atoms with Gasteiger partial charge in [-0.15, -0.1) is 0 Å². The molecule has 1 N–H and O–H groups in total. The van der Waals surface area contributed by atoms with Crippen LogP contribution in [0.4, 0.5) is 8.78 Å². The van der Waals surface area contributed by atoms with Gasteiger partial charge in [0, 0.05) is 17.6 Å². The third kappa shape index (κ3) is 2.58. The van der Waals surface area contributed by atoms with Crippen LogP contribution in [0.15, 0.2) is 48.7 Å². The zero-order valence-electron chi connectivity index (χ0n) is 11.1. The van der Waals surface area contributed by atoms with Crippen molar-refractivity contribution in [1.29, 1.82) is 0 Å². The van der Waals surface area contributed by atoms with Crippen LogP contribution in [-0.4, -0.2) is 16.1 Å². The third-order valence-electron chi connectivity index (χ3n) is 3.05. The molecule has 2 aromatic carbocycles. The second-order valence-electron chi connectivity index (χ2n) is 4.54. The molecule has 0 spiro atoms. The minimum Gasteiger partial charge on any atom is -0.508 e. The molecule has 0 saturated heterocycles. The van der Waals surface area contributed by atoms with Crippen LogP contribution in [0.1, 0.15) is 10.4 Å². The van der Waals surface area contributed by atoms with Crippen molar-refractivity contribution >= 4 is 16.7 Å². The number of halogens is 2. The predicted octanol–water partition coefficient (Wildman–Crippen LogP) is 3.44. The van der Waals surface area contributed by atoms with E-state index in [9.17, 15) is 18.7 Å². The Morgan fingerprint density at radius 2 is 1.77 bits per heavy atom. The Bertz CT molecular complexity index is 863. The summed E-state index contributed by atoms with van der Waals surface area (Å²) < 4.78 is 32.1. The number of phenols is 1. The van der Waals surface area contributed by atoms with Crippen LogP contribution in [0, 0.1) is 11.6 Å². The summed E-state index contributed by atoms with van der Waals surface area (Å²) in [5, 5.41) is 9.35. The van der Waals surface area contributed by atoms with E-state index in [0.717, 1.165) is 12.1 Å². The lowest BCUT2D eigenvalue weighted by atomic mass is 10.1. The van der Waals surface area contributed by atoms with Crippen LogP contribution < -0.4 is 4.74 Å². The van der Waals surface area contributed by atoms with E-state index in [1.807, 2.05) is 0 Å². The maximum absolute atomic E-state index is 13.7. The summed E-state index contributed by atoms with van der Waals surface area (Å²) in [6, 6.07) is 8.54. The molecule has 0 aliphatic rings. The first kappa shape index (κ1) is 13.9. The van der Waals surface area contributed by atoms with E-state index in [0.29, 0.717) is 0 Å². The molecule has 0 unspecified atom stereocenters. The standard InChI is InChI=1S/C16H9F2NO3/c17-10-7-13-12(14(18)8-10)5-6-19-15(13)22-16(21)9-1-3-11(20)4-2-9/h1-8,20H. The summed E-state index contributed by atoms with van der Waals surface area (Å²) in [6.07, 6.45) is 1.27. The molecule has 22 heavy (non-hydrogen) atoms. The Hall–Kier alpha value is -3.02. The summed E-state index contributed by atoms with van der Waals surface area (Å²) in [4.78, 5) is 15.9. The zero-order chi connectivity index (χ0) is 15.7. The van der Waals surface area contributed by atoms with Crippen molar-refractivity contribution in [1.82, 2.24) is 4.98 Å². The Morgan fingerprint density at radius 1 is 1.05 bits per heavy atom. The molecular weight excluding hydrogens is 292 g/mol. The van der Waals surface area contributed by atoms with Crippen molar-refractivity contribution in [3.8, 4) is 11.6 Å². The summed E-state index contributed by atoms with van der Waals surface area (Å²) >= 11 is 0. The van der Waals surface area contributed by atoms with Gasteiger partial charge in [-0.3, -0.25) is 0 Å². The first-order valence-corrected chi connectivity index (χ1v) is 6.29. The van der Waals surface area contributed by atoms with Crippen molar-refractivity contribution in [3.63, 3.8) is 0 Å². The highest BCUT2D eigenvalue weighted by molar-refractivity contribution is 5.94. The number of hydrogen-bond donors (Lipinski definition) is 1. The number of rotatable bonds is 2. The number of phenolic OH excluding ortho intramolecular Hbond substituents is 1. The maximum Gasteiger partial charge on any atom is 0.344 e. The summed E-state index contributed by atoms with van der Waals surface area (Å²) in [6.45, 7) is 0. The van der Waals surface area contributed by atoms with Gasteiger partial charge >= 0.3 is 5.97 Å². The highest BCUT2D eigenvalue weighted by Crippen LogP contribution is 2.27. The second kappa shape index (κ2) is 5.40. The zero-order valence-corrected chi connectivity index (χ0v) is 11.1. The van der Waals surface area contributed by atoms with Crippen LogP contribution >= 0.6 is 0 Å². The highest BCUT2D eigenvalue weighted by atomic mass is 19.1. The molecule has 3 aromatic rings. The van der Waals surface area contributed by atoms with E-state index in [1.54, 1.807) is 0 Å². The van der Waals surface area contributed by atoms with E-state index in [2.05, 4.69) is 4.98 Å². The normalized spacial score (nSPS) is 10.6. The molecule has 0 amide bonds. The van der Waals surface area contributed by atoms with Gasteiger partial charge in [-0.2, -0.15) is 0 Å². The molecule has 1 aromatic heterocycles. The van der Waals surface area contributed by atoms with Gasteiger partial charge in [0.25, 0.3) is 0 Å². The molecule has 0 fully saturated rings. The Morgan fingerprint density at radius 3 is 2.50 bits per heavy atom. The van der Waals surface area contributed by atoms with Crippen molar-refractivity contribution in [2.45, 2.75) is 0 Å². The number of pyridine rings is 1. The number of esters is 1. The van der Waals surface area contributed by atoms with Gasteiger partial charge in [-0.1, -0.05) is 0 Å². The Balaban J connectivity index is 2.00. The Kier molecular flexibility index (Phi) is 3.42. The average molecular weight is 301 g/mol. The van der Waals surface area contributed by atoms with Crippen molar-refractivity contribution in [3.05, 3.63) is 65.9 Å². The number of hydrogen-bond acceptors (Lipinski definition) is 4. The van der Waals surface area contributed by atoms with Crippen molar-refractivity contribution in [2.24, 2.45) is 0 Å². The van der Waals surface area contributed by atoms with E-state index < -0.39 is 17.6 Å². The van der Waals surface area contributed by atoms with Gasteiger partial charge in [-0.05, 0) is 36.4 Å². The molecule has 0 aliphatic carbocycles. The number of carbonyl (C=O) groups excluding carboxylic acids is 1. The largest absolute Gasteiger partial charge is 0.508 e. The summed E-state index contributed by atoms with van der Waals surface area (Å²) in [7, 11) is 0. The lowest BCUT2D eigenvalue weighted by Crippen LogP contribution is -2.09. The Labute approximate surface area is 123 Å². The molecule has 0 saturated carbocycles. The van der Waals surface area contributed by atoms with Crippen molar-refractivity contribution < 1.29 is 23.4 Å². The van der Waals surface area contributed by atoms with Crippen LogP contribution in [0.2, 0.25) is 0 Å². The molecular formula is C16H9F2NO3. The minimum atomic E-state index is -0.792. The molecule has 110 valence electrons. The minimum absolute atomic E-state index is 0.00368. The van der Waals surface area contributed by atoms with E-state index in [-0.39, 0.29) is 28.0 Å². The molecule has 0 radical (unpaired) electrons. The smallest absolute Gasteiger partial charge is 0.344 e. The summed E-state index contributed by atoms with van der Waals surface area (Å²) in [5.74, 6) is -2.48. The average Bonchev–Trinajstić information content (AvgIpc) is 2.48. The first-order valence-electron chi connectivity index (χ1n) is 6.29. The van der Waals surface area contributed by atoms with E-state index >= 15 is 0 Å². The first-order chi connectivity index (χ1) is 10.5. The van der Waals surface area contributed by atoms with Crippen LogP contribution in [-0.2, 0) is 0 Å². The fourth-order valence-corrected chi connectivity index (χ4v) is 2.01. The number of nitrogens with zero attached hydrogens (tertiary/aromatic N) is 1. The number of fused-ring (bicyclic) bond motifs is 1. The topological polar surface area (TPSA) is 59.4 Å². The molecule has 0 bridgehead atoms. The van der Waals surface area contributed by atoms with Gasteiger partial charge in [-0.25, -0.2) is 18.6 Å². The third-order valence-corrected chi connectivity index (χ3v) is 3.05. The molecule has 3 rings (SSSR count). The number of ether oxygens (including phenoxy) is 1. The fourth-order valence-electron chi connectivity index (χ4n) is 2.01. The molecule has 0 aliphatic heterocycles. The number of benzene rings is 2. The van der Waals surface area contributed by atoms with Crippen LogP contribution in [0.25, 0.3) is 10.8 Å². The van der Waals surface area contributed by atoms with Crippen molar-refractivity contribution in [2.75, 3.05) is 0 Å². The summed E-state index contributed by atoms with van der Waals surface area (Å²) in [5.41, 5.74) is 0.175. The van der Waals surface area contributed by atoms with Gasteiger partial charge in [0.15, 0.2) is 0 Å². The SMILES string of the molecule is O=C(Oc1nccc2c(F)cc(F)cc12)c1ccc(O)cc1. The molecule has 4 nitrogen and oxygen atoms in total. The quantitative estimate of drug-likeness (QED) is 0.737. The van der Waals surface area contributed by atoms with E-state index in [4.69, 9.17) is 4.74 Å². The number of aromatic nitrogens is 1. The van der Waals surface area contributed by atoms with Gasteiger partial charge < -0.3 is 9.84 Å². The molecule has 6 heteroatoms. The lowest BCUT2D eigenvalue weighted by Gasteiger charge is -2.07. The van der Waals surface area contributed by atoms with Crippen LogP contribution in [0.3, 0.4) is 0 Å². The van der Waals surface area contributed by atoms with Gasteiger partial charge in [0.1, 0.15) is 17.4 Å². The maximum atomic E-state index is 13.7. The predicted molar refractivity (Wildman–Crippen MR) is 74.7 cm³/mol. The number of aromatic hydroxyl groups is 1. The monoisotopic (exact) mass is 301 g/mol. The van der Waals surface area contributed by atoms with Gasteiger partial charge in [0.05, 0.1) is 10.9 Å². The van der Waals surface area contributed by atoms with E-state index in [1.165, 1.54) is 36.5 Å². The molecule has 0 atom stereocenters. The number of carbonyl (C=O) groups is 1.